The Labute approximate surface area is 97.9 Å². The second-order valence-corrected chi connectivity index (χ2v) is 4.77. The monoisotopic (exact) mass is 219 g/mol. The molecule has 1 aliphatic carbocycles. The quantitative estimate of drug-likeness (QED) is 0.841. The normalized spacial score (nSPS) is 19.1. The number of hydrogen-bond acceptors (Lipinski definition) is 2. The maximum absolute atomic E-state index is 9.45. The summed E-state index contributed by atoms with van der Waals surface area (Å²) in [5, 5.41) is 9.45. The molecule has 0 fully saturated rings. The third-order valence-corrected chi connectivity index (χ3v) is 3.57. The van der Waals surface area contributed by atoms with Crippen LogP contribution in [0.1, 0.15) is 43.4 Å². The lowest BCUT2D eigenvalue weighted by atomic mass is 10.1. The van der Waals surface area contributed by atoms with E-state index >= 15 is 0 Å². The Kier molecular flexibility index (Phi) is 3.49. The van der Waals surface area contributed by atoms with Gasteiger partial charge in [0, 0.05) is 6.04 Å². The van der Waals surface area contributed by atoms with Crippen molar-refractivity contribution in [2.24, 2.45) is 0 Å². The molecule has 1 aliphatic rings. The Balaban J connectivity index is 2.11. The van der Waals surface area contributed by atoms with Crippen LogP contribution in [0.4, 0.5) is 0 Å². The molecule has 0 aromatic heterocycles. The summed E-state index contributed by atoms with van der Waals surface area (Å²) >= 11 is 0. The van der Waals surface area contributed by atoms with E-state index in [-0.39, 0.29) is 0 Å². The van der Waals surface area contributed by atoms with Crippen molar-refractivity contribution < 1.29 is 5.11 Å². The minimum atomic E-state index is 0.399. The number of nitrogens with zero attached hydrogens (tertiary/aromatic N) is 1. The summed E-state index contributed by atoms with van der Waals surface area (Å²) in [6.07, 6.45) is 4.81. The largest absolute Gasteiger partial charge is 0.508 e. The van der Waals surface area contributed by atoms with Gasteiger partial charge in [0.15, 0.2) is 0 Å². The predicted molar refractivity (Wildman–Crippen MR) is 66.7 cm³/mol. The van der Waals surface area contributed by atoms with E-state index in [4.69, 9.17) is 0 Å². The van der Waals surface area contributed by atoms with Crippen LogP contribution in [0.15, 0.2) is 18.2 Å². The second kappa shape index (κ2) is 4.88. The molecule has 2 heteroatoms. The molecule has 2 nitrogen and oxygen atoms in total. The van der Waals surface area contributed by atoms with Crippen molar-refractivity contribution >= 4 is 0 Å². The number of phenols is 1. The summed E-state index contributed by atoms with van der Waals surface area (Å²) in [5.41, 5.74) is 2.74. The SMILES string of the molecule is CCCCN(C)C1CCc2cc(O)ccc21. The highest BCUT2D eigenvalue weighted by molar-refractivity contribution is 5.40. The van der Waals surface area contributed by atoms with Crippen molar-refractivity contribution in [2.75, 3.05) is 13.6 Å². The molecule has 0 saturated carbocycles. The first-order valence-electron chi connectivity index (χ1n) is 6.24. The minimum Gasteiger partial charge on any atom is -0.508 e. The van der Waals surface area contributed by atoms with Crippen molar-refractivity contribution in [3.8, 4) is 5.75 Å². The van der Waals surface area contributed by atoms with Gasteiger partial charge in [0.25, 0.3) is 0 Å². The fourth-order valence-electron chi connectivity index (χ4n) is 2.60. The number of unbranched alkanes of at least 4 members (excludes halogenated alkanes) is 1. The topological polar surface area (TPSA) is 23.5 Å². The van der Waals surface area contributed by atoms with Gasteiger partial charge in [0.05, 0.1) is 0 Å². The van der Waals surface area contributed by atoms with E-state index in [9.17, 15) is 5.11 Å². The number of aryl methyl sites for hydroxylation is 1. The summed E-state index contributed by atoms with van der Waals surface area (Å²) < 4.78 is 0. The van der Waals surface area contributed by atoms with E-state index in [1.165, 1.54) is 36.9 Å². The average molecular weight is 219 g/mol. The molecule has 0 bridgehead atoms. The molecule has 1 aromatic rings. The third-order valence-electron chi connectivity index (χ3n) is 3.57. The van der Waals surface area contributed by atoms with Crippen molar-refractivity contribution in [3.05, 3.63) is 29.3 Å². The lowest BCUT2D eigenvalue weighted by Crippen LogP contribution is -2.23. The third kappa shape index (κ3) is 2.22. The van der Waals surface area contributed by atoms with Crippen LogP contribution < -0.4 is 0 Å². The highest BCUT2D eigenvalue weighted by atomic mass is 16.3. The van der Waals surface area contributed by atoms with E-state index in [1.807, 2.05) is 12.1 Å². The lowest BCUT2D eigenvalue weighted by Gasteiger charge is -2.25. The molecule has 2 rings (SSSR count). The van der Waals surface area contributed by atoms with Gasteiger partial charge in [0.2, 0.25) is 0 Å². The van der Waals surface area contributed by atoms with Gasteiger partial charge in [-0.3, -0.25) is 4.90 Å². The number of benzene rings is 1. The lowest BCUT2D eigenvalue weighted by molar-refractivity contribution is 0.241. The van der Waals surface area contributed by atoms with Crippen molar-refractivity contribution in [2.45, 2.75) is 38.6 Å². The Morgan fingerprint density at radius 1 is 1.44 bits per heavy atom. The van der Waals surface area contributed by atoms with Crippen LogP contribution in [0, 0.1) is 0 Å². The van der Waals surface area contributed by atoms with Gasteiger partial charge in [-0.25, -0.2) is 0 Å². The Hall–Kier alpha value is -1.02. The molecule has 88 valence electrons. The van der Waals surface area contributed by atoms with Crippen molar-refractivity contribution in [3.63, 3.8) is 0 Å². The second-order valence-electron chi connectivity index (χ2n) is 4.77. The van der Waals surface area contributed by atoms with Gasteiger partial charge in [-0.1, -0.05) is 19.4 Å². The highest BCUT2D eigenvalue weighted by Gasteiger charge is 2.25. The summed E-state index contributed by atoms with van der Waals surface area (Å²) in [5.74, 6) is 0.399. The molecule has 0 radical (unpaired) electrons. The van der Waals surface area contributed by atoms with Crippen LogP contribution in [-0.2, 0) is 6.42 Å². The molecule has 0 heterocycles. The zero-order valence-electron chi connectivity index (χ0n) is 10.2. The molecule has 0 aliphatic heterocycles. The average Bonchev–Trinajstić information content (AvgIpc) is 2.68. The van der Waals surface area contributed by atoms with Gasteiger partial charge in [-0.15, -0.1) is 0 Å². The fraction of sp³-hybridized carbons (Fsp3) is 0.571. The first-order chi connectivity index (χ1) is 7.72. The number of aromatic hydroxyl groups is 1. The van der Waals surface area contributed by atoms with Gasteiger partial charge in [-0.05, 0) is 56.1 Å². The fourth-order valence-corrected chi connectivity index (χ4v) is 2.60. The zero-order chi connectivity index (χ0) is 11.5. The van der Waals surface area contributed by atoms with Crippen LogP contribution in [0.2, 0.25) is 0 Å². The van der Waals surface area contributed by atoms with Gasteiger partial charge in [-0.2, -0.15) is 0 Å². The highest BCUT2D eigenvalue weighted by Crippen LogP contribution is 2.36. The summed E-state index contributed by atoms with van der Waals surface area (Å²) in [7, 11) is 2.21. The Morgan fingerprint density at radius 3 is 3.00 bits per heavy atom. The van der Waals surface area contributed by atoms with E-state index in [1.54, 1.807) is 0 Å². The van der Waals surface area contributed by atoms with E-state index in [0.717, 1.165) is 6.42 Å². The van der Waals surface area contributed by atoms with Crippen LogP contribution >= 0.6 is 0 Å². The van der Waals surface area contributed by atoms with E-state index in [0.29, 0.717) is 11.8 Å². The van der Waals surface area contributed by atoms with Gasteiger partial charge in [0.1, 0.15) is 5.75 Å². The number of phenolic OH excluding ortho intramolecular Hbond substituents is 1. The molecule has 1 unspecified atom stereocenters. The molecule has 0 spiro atoms. The van der Waals surface area contributed by atoms with Gasteiger partial charge < -0.3 is 5.11 Å². The van der Waals surface area contributed by atoms with Crippen LogP contribution in [0.25, 0.3) is 0 Å². The van der Waals surface area contributed by atoms with Crippen LogP contribution in [0.5, 0.6) is 5.75 Å². The first kappa shape index (κ1) is 11.5. The molecule has 16 heavy (non-hydrogen) atoms. The first-order valence-corrected chi connectivity index (χ1v) is 6.24. The standard InChI is InChI=1S/C14H21NO/c1-3-4-9-15(2)14-8-5-11-10-12(16)6-7-13(11)14/h6-7,10,14,16H,3-5,8-9H2,1-2H3. The smallest absolute Gasteiger partial charge is 0.115 e. The molecule has 1 atom stereocenters. The summed E-state index contributed by atoms with van der Waals surface area (Å²) in [6.45, 7) is 3.40. The predicted octanol–water partition coefficient (Wildman–Crippen LogP) is 3.11. The molecular formula is C14H21NO. The molecule has 0 saturated heterocycles. The Morgan fingerprint density at radius 2 is 2.25 bits per heavy atom. The molecule has 0 amide bonds. The number of fused-ring (bicyclic) bond motifs is 1. The Bertz CT molecular complexity index is 362. The van der Waals surface area contributed by atoms with E-state index < -0.39 is 0 Å². The molecule has 1 aromatic carbocycles. The van der Waals surface area contributed by atoms with Gasteiger partial charge >= 0.3 is 0 Å². The van der Waals surface area contributed by atoms with Crippen LogP contribution in [0.3, 0.4) is 0 Å². The molecule has 1 N–H and O–H groups in total. The summed E-state index contributed by atoms with van der Waals surface area (Å²) in [6, 6.07) is 6.38. The van der Waals surface area contributed by atoms with Crippen LogP contribution in [-0.4, -0.2) is 23.6 Å². The summed E-state index contributed by atoms with van der Waals surface area (Å²) in [4.78, 5) is 2.45. The van der Waals surface area contributed by atoms with Crippen molar-refractivity contribution in [1.29, 1.82) is 0 Å². The van der Waals surface area contributed by atoms with E-state index in [2.05, 4.69) is 24.9 Å². The maximum Gasteiger partial charge on any atom is 0.115 e. The maximum atomic E-state index is 9.45. The number of hydrogen-bond donors (Lipinski definition) is 1. The number of rotatable bonds is 4. The van der Waals surface area contributed by atoms with Crippen molar-refractivity contribution in [1.82, 2.24) is 4.90 Å². The molecular weight excluding hydrogens is 198 g/mol. The zero-order valence-corrected chi connectivity index (χ0v) is 10.2. The minimum absolute atomic E-state index is 0.399.